The van der Waals surface area contributed by atoms with Gasteiger partial charge in [0.1, 0.15) is 11.4 Å². The Morgan fingerprint density at radius 1 is 1.42 bits per heavy atom. The fourth-order valence-electron chi connectivity index (χ4n) is 1.81. The molecule has 102 valence electrons. The molecule has 2 amide bonds. The molecule has 19 heavy (non-hydrogen) atoms. The summed E-state index contributed by atoms with van der Waals surface area (Å²) in [6.45, 7) is 5.35. The van der Waals surface area contributed by atoms with Crippen molar-refractivity contribution >= 4 is 27.9 Å². The van der Waals surface area contributed by atoms with Crippen molar-refractivity contribution in [3.63, 3.8) is 0 Å². The molecule has 0 spiro atoms. The molecule has 1 aliphatic rings. The van der Waals surface area contributed by atoms with Crippen LogP contribution in [-0.4, -0.2) is 27.6 Å². The molecule has 1 heterocycles. The average Bonchev–Trinajstić information content (AvgIpc) is 2.54. The Balaban J connectivity index is 2.29. The molecule has 1 aromatic rings. The van der Waals surface area contributed by atoms with Gasteiger partial charge in [0.15, 0.2) is 0 Å². The molecule has 0 fully saturated rings. The zero-order valence-corrected chi connectivity index (χ0v) is 12.4. The molecular weight excluding hydrogens is 314 g/mol. The van der Waals surface area contributed by atoms with Crippen molar-refractivity contribution in [2.45, 2.75) is 32.9 Å². The topological polar surface area (TPSA) is 66.8 Å². The summed E-state index contributed by atoms with van der Waals surface area (Å²) in [4.78, 5) is 25.1. The van der Waals surface area contributed by atoms with Gasteiger partial charge in [0.05, 0.1) is 6.54 Å². The summed E-state index contributed by atoms with van der Waals surface area (Å²) >= 11 is 3.27. The van der Waals surface area contributed by atoms with Gasteiger partial charge in [0.25, 0.3) is 5.91 Å². The highest BCUT2D eigenvalue weighted by molar-refractivity contribution is 9.10. The lowest BCUT2D eigenvalue weighted by atomic mass is 10.1. The average molecular weight is 328 g/mol. The first kappa shape index (κ1) is 13.9. The lowest BCUT2D eigenvalue weighted by molar-refractivity contribution is 0.0248. The highest BCUT2D eigenvalue weighted by Crippen LogP contribution is 2.33. The molecule has 0 aliphatic carbocycles. The highest BCUT2D eigenvalue weighted by Gasteiger charge is 2.36. The number of hydrogen-bond acceptors (Lipinski definition) is 4. The van der Waals surface area contributed by atoms with Crippen LogP contribution >= 0.6 is 15.9 Å². The van der Waals surface area contributed by atoms with Crippen molar-refractivity contribution in [1.29, 1.82) is 0 Å². The highest BCUT2D eigenvalue weighted by atomic mass is 79.9. The first-order chi connectivity index (χ1) is 8.69. The van der Waals surface area contributed by atoms with Crippen molar-refractivity contribution in [2.75, 3.05) is 0 Å². The number of nitrogens with zero attached hydrogens (tertiary/aromatic N) is 1. The second-order valence-electron chi connectivity index (χ2n) is 5.33. The van der Waals surface area contributed by atoms with Gasteiger partial charge in [-0.25, -0.2) is 9.69 Å². The number of aromatic hydroxyl groups is 1. The zero-order chi connectivity index (χ0) is 14.4. The maximum Gasteiger partial charge on any atom is 0.417 e. The second kappa shape index (κ2) is 4.52. The van der Waals surface area contributed by atoms with E-state index in [-0.39, 0.29) is 12.3 Å². The van der Waals surface area contributed by atoms with Gasteiger partial charge < -0.3 is 9.84 Å². The van der Waals surface area contributed by atoms with E-state index in [0.29, 0.717) is 15.6 Å². The minimum atomic E-state index is -0.680. The van der Waals surface area contributed by atoms with Gasteiger partial charge in [0, 0.05) is 10.0 Å². The van der Waals surface area contributed by atoms with Gasteiger partial charge in [-0.05, 0) is 38.5 Å². The van der Waals surface area contributed by atoms with Crippen molar-refractivity contribution < 1.29 is 19.4 Å². The Hall–Kier alpha value is -1.56. The maximum absolute atomic E-state index is 12.1. The molecule has 0 saturated carbocycles. The van der Waals surface area contributed by atoms with Crippen LogP contribution in [0.4, 0.5) is 4.79 Å². The Morgan fingerprint density at radius 2 is 2.05 bits per heavy atom. The fourth-order valence-corrected chi connectivity index (χ4v) is 2.39. The third-order valence-electron chi connectivity index (χ3n) is 2.59. The quantitative estimate of drug-likeness (QED) is 0.795. The summed E-state index contributed by atoms with van der Waals surface area (Å²) in [5.74, 6) is -0.481. The first-order valence-corrected chi connectivity index (χ1v) is 6.54. The number of hydrogen-bond donors (Lipinski definition) is 1. The SMILES string of the molecule is CC(C)(C)OC(=O)N1Cc2c(Br)cc(O)cc2C1=O. The van der Waals surface area contributed by atoms with Crippen LogP contribution in [0.3, 0.4) is 0 Å². The van der Waals surface area contributed by atoms with Crippen molar-refractivity contribution in [3.8, 4) is 5.75 Å². The van der Waals surface area contributed by atoms with Crippen LogP contribution in [0.15, 0.2) is 16.6 Å². The van der Waals surface area contributed by atoms with Gasteiger partial charge in [0.2, 0.25) is 0 Å². The van der Waals surface area contributed by atoms with E-state index < -0.39 is 17.6 Å². The van der Waals surface area contributed by atoms with E-state index in [1.165, 1.54) is 12.1 Å². The van der Waals surface area contributed by atoms with Crippen LogP contribution in [0.5, 0.6) is 5.75 Å². The van der Waals surface area contributed by atoms with E-state index >= 15 is 0 Å². The van der Waals surface area contributed by atoms with E-state index in [1.807, 2.05) is 0 Å². The zero-order valence-electron chi connectivity index (χ0n) is 10.9. The monoisotopic (exact) mass is 327 g/mol. The van der Waals surface area contributed by atoms with Crippen molar-refractivity contribution in [1.82, 2.24) is 4.90 Å². The number of amides is 2. The van der Waals surface area contributed by atoms with Gasteiger partial charge in [-0.2, -0.15) is 0 Å². The molecule has 1 aliphatic heterocycles. The molecule has 0 atom stereocenters. The molecular formula is C13H14BrNO4. The standard InChI is InChI=1S/C13H14BrNO4/c1-13(2,3)19-12(18)15-6-9-8(11(15)17)4-7(16)5-10(9)14/h4-5,16H,6H2,1-3H3. The minimum absolute atomic E-state index is 0.0231. The smallest absolute Gasteiger partial charge is 0.417 e. The fraction of sp³-hybridized carbons (Fsp3) is 0.385. The van der Waals surface area contributed by atoms with Crippen molar-refractivity contribution in [2.24, 2.45) is 0 Å². The molecule has 1 aromatic carbocycles. The number of phenolic OH excluding ortho intramolecular Hbond substituents is 1. The van der Waals surface area contributed by atoms with E-state index in [2.05, 4.69) is 15.9 Å². The molecule has 5 nitrogen and oxygen atoms in total. The van der Waals surface area contributed by atoms with E-state index in [1.54, 1.807) is 20.8 Å². The van der Waals surface area contributed by atoms with E-state index in [4.69, 9.17) is 4.74 Å². The number of ether oxygens (including phenoxy) is 1. The van der Waals surface area contributed by atoms with Crippen LogP contribution in [0.25, 0.3) is 0 Å². The number of fused-ring (bicyclic) bond motifs is 1. The third-order valence-corrected chi connectivity index (χ3v) is 3.29. The number of halogens is 1. The minimum Gasteiger partial charge on any atom is -0.508 e. The normalized spacial score (nSPS) is 14.5. The third kappa shape index (κ3) is 2.73. The summed E-state index contributed by atoms with van der Waals surface area (Å²) in [6.07, 6.45) is -0.680. The number of benzene rings is 1. The molecule has 6 heteroatoms. The van der Waals surface area contributed by atoms with Gasteiger partial charge >= 0.3 is 6.09 Å². The van der Waals surface area contributed by atoms with Crippen LogP contribution in [0.2, 0.25) is 0 Å². The predicted octanol–water partition coefficient (Wildman–Crippen LogP) is 3.05. The lowest BCUT2D eigenvalue weighted by Crippen LogP contribution is -2.36. The molecule has 0 radical (unpaired) electrons. The molecule has 0 saturated heterocycles. The van der Waals surface area contributed by atoms with Crippen LogP contribution in [0, 0.1) is 0 Å². The predicted molar refractivity (Wildman–Crippen MR) is 71.9 cm³/mol. The summed E-state index contributed by atoms with van der Waals surface area (Å²) in [7, 11) is 0. The molecule has 0 aromatic heterocycles. The van der Waals surface area contributed by atoms with Gasteiger partial charge in [-0.3, -0.25) is 4.79 Å². The first-order valence-electron chi connectivity index (χ1n) is 5.75. The second-order valence-corrected chi connectivity index (χ2v) is 6.18. The molecule has 1 N–H and O–H groups in total. The van der Waals surface area contributed by atoms with Gasteiger partial charge in [-0.1, -0.05) is 15.9 Å². The summed E-state index contributed by atoms with van der Waals surface area (Å²) in [6, 6.07) is 2.84. The number of phenols is 1. The number of carbonyl (C=O) groups is 2. The Morgan fingerprint density at radius 3 is 2.63 bits per heavy atom. The summed E-state index contributed by atoms with van der Waals surface area (Å²) in [5, 5.41) is 9.49. The molecule has 0 bridgehead atoms. The van der Waals surface area contributed by atoms with Crippen molar-refractivity contribution in [3.05, 3.63) is 27.7 Å². The largest absolute Gasteiger partial charge is 0.508 e. The van der Waals surface area contributed by atoms with Crippen LogP contribution in [0.1, 0.15) is 36.7 Å². The Kier molecular flexibility index (Phi) is 3.30. The lowest BCUT2D eigenvalue weighted by Gasteiger charge is -2.23. The Labute approximate surface area is 119 Å². The summed E-state index contributed by atoms with van der Waals surface area (Å²) < 4.78 is 5.78. The maximum atomic E-state index is 12.1. The summed E-state index contributed by atoms with van der Waals surface area (Å²) in [5.41, 5.74) is 0.331. The molecule has 0 unspecified atom stereocenters. The van der Waals surface area contributed by atoms with Gasteiger partial charge in [-0.15, -0.1) is 0 Å². The number of rotatable bonds is 0. The molecule has 2 rings (SSSR count). The number of carbonyl (C=O) groups excluding carboxylic acids is 2. The Bertz CT molecular complexity index is 562. The number of imide groups is 1. The van der Waals surface area contributed by atoms with E-state index in [0.717, 1.165) is 4.90 Å². The van der Waals surface area contributed by atoms with E-state index in [9.17, 15) is 14.7 Å². The van der Waals surface area contributed by atoms with Crippen LogP contribution < -0.4 is 0 Å². The van der Waals surface area contributed by atoms with Crippen LogP contribution in [-0.2, 0) is 11.3 Å².